The van der Waals surface area contributed by atoms with Gasteiger partial charge in [0.2, 0.25) is 0 Å². The van der Waals surface area contributed by atoms with Crippen LogP contribution in [0.15, 0.2) is 36.4 Å². The van der Waals surface area contributed by atoms with E-state index in [-0.39, 0.29) is 6.61 Å². The maximum absolute atomic E-state index is 10.9. The van der Waals surface area contributed by atoms with Crippen molar-refractivity contribution in [2.75, 3.05) is 0 Å². The lowest BCUT2D eigenvalue weighted by atomic mass is 10.0. The molecule has 1 nitrogen and oxygen atoms in total. The highest BCUT2D eigenvalue weighted by molar-refractivity contribution is 5.88. The molecule has 2 aromatic rings. The molecule has 0 amide bonds. The molecule has 0 heterocycles. The Hall–Kier alpha value is -1.34. The minimum atomic E-state index is -0.138. The molecule has 0 bridgehead atoms. The number of hydrogen-bond donors (Lipinski definition) is 0. The molecule has 0 aliphatic rings. The normalized spacial score (nSPS) is 10.6. The average Bonchev–Trinajstić information content (AvgIpc) is 2.19. The number of hydrogen-bond acceptors (Lipinski definition) is 0. The molecule has 0 atom stereocenters. The van der Waals surface area contributed by atoms with Gasteiger partial charge in [-0.25, -0.2) is 5.11 Å². The Labute approximate surface area is 77.6 Å². The van der Waals surface area contributed by atoms with Crippen molar-refractivity contribution in [3.63, 3.8) is 0 Å². The summed E-state index contributed by atoms with van der Waals surface area (Å²) in [6.45, 7) is 1.93. The van der Waals surface area contributed by atoms with E-state index in [1.807, 2.05) is 30.3 Å². The highest BCUT2D eigenvalue weighted by atomic mass is 16.3. The first-order valence-corrected chi connectivity index (χ1v) is 4.38. The summed E-state index contributed by atoms with van der Waals surface area (Å²) in [5.74, 6) is 0. The molecule has 2 rings (SSSR count). The number of aryl methyl sites for hydroxylation is 1. The van der Waals surface area contributed by atoms with Gasteiger partial charge in [0.15, 0.2) is 0 Å². The summed E-state index contributed by atoms with van der Waals surface area (Å²) in [6, 6.07) is 12.0. The van der Waals surface area contributed by atoms with E-state index < -0.39 is 0 Å². The first-order chi connectivity index (χ1) is 6.33. The standard InChI is InChI=1S/C12H11O/c1-9-6-7-10(8-13)12-5-3-2-4-11(9)12/h2-7H,8H2,1H3. The van der Waals surface area contributed by atoms with Crippen LogP contribution >= 0.6 is 0 Å². The van der Waals surface area contributed by atoms with Crippen molar-refractivity contribution in [1.82, 2.24) is 0 Å². The Morgan fingerprint density at radius 1 is 1.00 bits per heavy atom. The van der Waals surface area contributed by atoms with Crippen LogP contribution in [0.4, 0.5) is 0 Å². The summed E-state index contributed by atoms with van der Waals surface area (Å²) in [5.41, 5.74) is 2.12. The van der Waals surface area contributed by atoms with Gasteiger partial charge in [0.25, 0.3) is 0 Å². The summed E-state index contributed by atoms with van der Waals surface area (Å²) >= 11 is 0. The van der Waals surface area contributed by atoms with Crippen LogP contribution in [0.2, 0.25) is 0 Å². The summed E-state index contributed by atoms with van der Waals surface area (Å²) in [7, 11) is 0. The summed E-state index contributed by atoms with van der Waals surface area (Å²) in [5, 5.41) is 13.1. The zero-order chi connectivity index (χ0) is 9.26. The van der Waals surface area contributed by atoms with Crippen LogP contribution in [0, 0.1) is 6.92 Å². The lowest BCUT2D eigenvalue weighted by molar-refractivity contribution is 0.179. The second-order valence-corrected chi connectivity index (χ2v) is 3.23. The lowest BCUT2D eigenvalue weighted by Crippen LogP contribution is -1.86. The maximum Gasteiger partial charge on any atom is 0.108 e. The van der Waals surface area contributed by atoms with E-state index in [1.54, 1.807) is 0 Å². The molecule has 0 unspecified atom stereocenters. The number of benzene rings is 2. The molecule has 0 aliphatic carbocycles. The van der Waals surface area contributed by atoms with Crippen LogP contribution in [0.1, 0.15) is 11.1 Å². The molecule has 1 heteroatoms. The van der Waals surface area contributed by atoms with Crippen molar-refractivity contribution in [1.29, 1.82) is 0 Å². The molecule has 13 heavy (non-hydrogen) atoms. The molecule has 65 valence electrons. The fraction of sp³-hybridized carbons (Fsp3) is 0.167. The van der Waals surface area contributed by atoms with E-state index in [1.165, 1.54) is 10.9 Å². The largest absolute Gasteiger partial charge is 0.232 e. The molecular weight excluding hydrogens is 160 g/mol. The van der Waals surface area contributed by atoms with Crippen molar-refractivity contribution in [2.24, 2.45) is 0 Å². The van der Waals surface area contributed by atoms with Gasteiger partial charge >= 0.3 is 0 Å². The average molecular weight is 171 g/mol. The van der Waals surface area contributed by atoms with Gasteiger partial charge in [-0.3, -0.25) is 0 Å². The first-order valence-electron chi connectivity index (χ1n) is 4.38. The molecule has 0 aromatic heterocycles. The van der Waals surface area contributed by atoms with E-state index in [2.05, 4.69) is 13.0 Å². The van der Waals surface area contributed by atoms with E-state index in [9.17, 15) is 5.11 Å². The zero-order valence-electron chi connectivity index (χ0n) is 7.58. The molecule has 0 fully saturated rings. The second-order valence-electron chi connectivity index (χ2n) is 3.23. The third-order valence-electron chi connectivity index (χ3n) is 2.39. The molecule has 0 aliphatic heterocycles. The minimum absolute atomic E-state index is 0.138. The van der Waals surface area contributed by atoms with Gasteiger partial charge in [0, 0.05) is 0 Å². The predicted molar refractivity (Wildman–Crippen MR) is 53.1 cm³/mol. The Bertz CT molecular complexity index is 432. The molecule has 0 saturated heterocycles. The molecule has 0 spiro atoms. The van der Waals surface area contributed by atoms with Crippen LogP contribution in [0.3, 0.4) is 0 Å². The van der Waals surface area contributed by atoms with Gasteiger partial charge in [-0.2, -0.15) is 0 Å². The predicted octanol–water partition coefficient (Wildman–Crippen LogP) is 3.08. The number of rotatable bonds is 1. The van der Waals surface area contributed by atoms with E-state index >= 15 is 0 Å². The van der Waals surface area contributed by atoms with Gasteiger partial charge in [-0.1, -0.05) is 36.4 Å². The topological polar surface area (TPSA) is 19.9 Å². The third kappa shape index (κ3) is 1.31. The summed E-state index contributed by atoms with van der Waals surface area (Å²) in [4.78, 5) is 0. The van der Waals surface area contributed by atoms with Gasteiger partial charge in [0.1, 0.15) is 6.61 Å². The minimum Gasteiger partial charge on any atom is -0.232 e. The number of fused-ring (bicyclic) bond motifs is 1. The Balaban J connectivity index is 2.84. The van der Waals surface area contributed by atoms with Crippen molar-refractivity contribution >= 4 is 10.8 Å². The maximum atomic E-state index is 10.9. The van der Waals surface area contributed by atoms with Crippen molar-refractivity contribution in [3.8, 4) is 0 Å². The van der Waals surface area contributed by atoms with Crippen LogP contribution in [-0.2, 0) is 11.7 Å². The zero-order valence-corrected chi connectivity index (χ0v) is 7.58. The van der Waals surface area contributed by atoms with E-state index in [4.69, 9.17) is 0 Å². The monoisotopic (exact) mass is 171 g/mol. The molecule has 2 aromatic carbocycles. The van der Waals surface area contributed by atoms with Gasteiger partial charge in [0.05, 0.1) is 0 Å². The van der Waals surface area contributed by atoms with Crippen LogP contribution in [0.25, 0.3) is 10.8 Å². The fourth-order valence-electron chi connectivity index (χ4n) is 1.64. The van der Waals surface area contributed by atoms with Gasteiger partial charge < -0.3 is 0 Å². The summed E-state index contributed by atoms with van der Waals surface area (Å²) in [6.07, 6.45) is 0. The highest BCUT2D eigenvalue weighted by Gasteiger charge is 2.01. The molecular formula is C12H11O. The third-order valence-corrected chi connectivity index (χ3v) is 2.39. The smallest absolute Gasteiger partial charge is 0.108 e. The Kier molecular flexibility index (Phi) is 2.03. The summed E-state index contributed by atoms with van der Waals surface area (Å²) < 4.78 is 0. The van der Waals surface area contributed by atoms with Gasteiger partial charge in [-0.05, 0) is 28.8 Å². The highest BCUT2D eigenvalue weighted by Crippen LogP contribution is 2.21. The Morgan fingerprint density at radius 2 is 1.69 bits per heavy atom. The lowest BCUT2D eigenvalue weighted by Gasteiger charge is -2.05. The fourth-order valence-corrected chi connectivity index (χ4v) is 1.64. The molecule has 0 saturated carbocycles. The Morgan fingerprint density at radius 3 is 2.38 bits per heavy atom. The van der Waals surface area contributed by atoms with Crippen LogP contribution < -0.4 is 0 Å². The second kappa shape index (κ2) is 3.19. The van der Waals surface area contributed by atoms with Crippen LogP contribution in [0.5, 0.6) is 0 Å². The van der Waals surface area contributed by atoms with Crippen molar-refractivity contribution in [3.05, 3.63) is 47.5 Å². The molecule has 0 N–H and O–H groups in total. The quantitative estimate of drug-likeness (QED) is 0.628. The van der Waals surface area contributed by atoms with Crippen LogP contribution in [-0.4, -0.2) is 0 Å². The van der Waals surface area contributed by atoms with Gasteiger partial charge in [-0.15, -0.1) is 0 Å². The van der Waals surface area contributed by atoms with Crippen molar-refractivity contribution in [2.45, 2.75) is 13.5 Å². The first kappa shape index (κ1) is 8.27. The van der Waals surface area contributed by atoms with Crippen molar-refractivity contribution < 1.29 is 5.11 Å². The van der Waals surface area contributed by atoms with E-state index in [0.717, 1.165) is 10.9 Å². The molecule has 1 radical (unpaired) electrons. The van der Waals surface area contributed by atoms with E-state index in [0.29, 0.717) is 0 Å². The SMILES string of the molecule is Cc1ccc(C[O])c2ccccc12.